The van der Waals surface area contributed by atoms with Gasteiger partial charge in [0.25, 0.3) is 5.69 Å². The van der Waals surface area contributed by atoms with E-state index in [-0.39, 0.29) is 16.4 Å². The van der Waals surface area contributed by atoms with Crippen molar-refractivity contribution in [2.75, 3.05) is 0 Å². The lowest BCUT2D eigenvalue weighted by Gasteiger charge is -2.13. The van der Waals surface area contributed by atoms with Gasteiger partial charge < -0.3 is 4.74 Å². The number of hydrogen-bond donors (Lipinski definition) is 0. The van der Waals surface area contributed by atoms with Crippen molar-refractivity contribution < 1.29 is 19.2 Å². The molecular weight excluding hydrogens is 346 g/mol. The van der Waals surface area contributed by atoms with Crippen molar-refractivity contribution in [3.05, 3.63) is 73.8 Å². The van der Waals surface area contributed by atoms with Crippen molar-refractivity contribution >= 4 is 29.0 Å². The summed E-state index contributed by atoms with van der Waals surface area (Å²) in [5, 5.41) is 11.2. The number of hydrogen-bond acceptors (Lipinski definition) is 5. The minimum absolute atomic E-state index is 0.158. The van der Waals surface area contributed by atoms with Gasteiger partial charge >= 0.3 is 5.97 Å². The summed E-state index contributed by atoms with van der Waals surface area (Å²) < 4.78 is 5.12. The van der Waals surface area contributed by atoms with Gasteiger partial charge in [-0.3, -0.25) is 14.9 Å². The third kappa shape index (κ3) is 4.22. The Morgan fingerprint density at radius 2 is 1.80 bits per heavy atom. The van der Waals surface area contributed by atoms with Gasteiger partial charge in [0.15, 0.2) is 6.10 Å². The fourth-order valence-electron chi connectivity index (χ4n) is 2.24. The molecule has 0 aromatic heterocycles. The van der Waals surface area contributed by atoms with Crippen LogP contribution in [-0.4, -0.2) is 22.8 Å². The van der Waals surface area contributed by atoms with E-state index >= 15 is 0 Å². The second-order valence-corrected chi connectivity index (χ2v) is 6.07. The van der Waals surface area contributed by atoms with Gasteiger partial charge in [-0.15, -0.1) is 0 Å². The van der Waals surface area contributed by atoms with Crippen molar-refractivity contribution in [2.24, 2.45) is 0 Å². The maximum Gasteiger partial charge on any atom is 0.345 e. The Morgan fingerprint density at radius 3 is 2.40 bits per heavy atom. The molecular formula is C18H16ClNO5. The molecule has 2 rings (SSSR count). The molecule has 0 saturated heterocycles. The van der Waals surface area contributed by atoms with Crippen molar-refractivity contribution in [1.29, 1.82) is 0 Å². The van der Waals surface area contributed by atoms with Crippen LogP contribution >= 0.6 is 11.6 Å². The van der Waals surface area contributed by atoms with E-state index in [2.05, 4.69) is 0 Å². The highest BCUT2D eigenvalue weighted by Crippen LogP contribution is 2.24. The summed E-state index contributed by atoms with van der Waals surface area (Å²) in [5.74, 6) is -1.36. The summed E-state index contributed by atoms with van der Waals surface area (Å²) >= 11 is 5.80. The number of nitro benzene ring substituents is 1. The van der Waals surface area contributed by atoms with Crippen LogP contribution in [0.5, 0.6) is 0 Å². The number of ketones is 1. The monoisotopic (exact) mass is 361 g/mol. The molecule has 6 nitrogen and oxygen atoms in total. The molecule has 130 valence electrons. The number of benzene rings is 2. The lowest BCUT2D eigenvalue weighted by molar-refractivity contribution is -0.385. The van der Waals surface area contributed by atoms with Gasteiger partial charge in [-0.25, -0.2) is 4.79 Å². The number of esters is 1. The summed E-state index contributed by atoms with van der Waals surface area (Å²) in [7, 11) is 0. The first-order valence-corrected chi connectivity index (χ1v) is 7.85. The zero-order valence-corrected chi connectivity index (χ0v) is 14.7. The number of aryl methyl sites for hydroxylation is 2. The number of carbonyl (C=O) groups excluding carboxylic acids is 2. The van der Waals surface area contributed by atoms with E-state index in [9.17, 15) is 19.7 Å². The summed E-state index contributed by atoms with van der Waals surface area (Å²) in [6.45, 7) is 5.22. The maximum absolute atomic E-state index is 12.4. The molecule has 0 radical (unpaired) electrons. The third-order valence-electron chi connectivity index (χ3n) is 3.82. The van der Waals surface area contributed by atoms with Crippen LogP contribution in [-0.2, 0) is 4.74 Å². The summed E-state index contributed by atoms with van der Waals surface area (Å²) in [4.78, 5) is 35.0. The molecule has 0 aliphatic carbocycles. The van der Waals surface area contributed by atoms with Gasteiger partial charge in [0.2, 0.25) is 5.78 Å². The Kier molecular flexibility index (Phi) is 5.54. The number of Topliss-reactive ketones (excluding diaryl/α,β-unsaturated/α-hetero) is 1. The standard InChI is InChI=1S/C18H16ClNO5/c1-10-4-5-13(8-11(10)2)17(21)12(3)25-18(22)15-9-14(19)6-7-16(15)20(23)24/h4-9,12H,1-3H3/t12-/m0/s1. The van der Waals surface area contributed by atoms with Crippen molar-refractivity contribution in [3.63, 3.8) is 0 Å². The van der Waals surface area contributed by atoms with Crippen LogP contribution in [0.1, 0.15) is 38.8 Å². The number of nitrogens with zero attached hydrogens (tertiary/aromatic N) is 1. The van der Waals surface area contributed by atoms with E-state index in [1.807, 2.05) is 13.8 Å². The average molecular weight is 362 g/mol. The molecule has 0 N–H and O–H groups in total. The van der Waals surface area contributed by atoms with Gasteiger partial charge in [-0.2, -0.15) is 0 Å². The molecule has 0 fully saturated rings. The molecule has 0 saturated carbocycles. The predicted octanol–water partition coefficient (Wildman–Crippen LogP) is 4.29. The number of halogens is 1. The third-order valence-corrected chi connectivity index (χ3v) is 4.05. The highest BCUT2D eigenvalue weighted by molar-refractivity contribution is 6.31. The molecule has 0 aliphatic rings. The molecule has 0 spiro atoms. The fourth-order valence-corrected chi connectivity index (χ4v) is 2.41. The number of ether oxygens (including phenoxy) is 1. The zero-order valence-electron chi connectivity index (χ0n) is 13.9. The summed E-state index contributed by atoms with van der Waals surface area (Å²) in [6.07, 6.45) is -1.09. The van der Waals surface area contributed by atoms with E-state index in [0.29, 0.717) is 5.56 Å². The molecule has 0 amide bonds. The smallest absolute Gasteiger partial charge is 0.345 e. The zero-order chi connectivity index (χ0) is 18.7. The minimum atomic E-state index is -1.09. The second kappa shape index (κ2) is 7.44. The topological polar surface area (TPSA) is 86.5 Å². The van der Waals surface area contributed by atoms with Crippen LogP contribution in [0.25, 0.3) is 0 Å². The minimum Gasteiger partial charge on any atom is -0.450 e. The van der Waals surface area contributed by atoms with Gasteiger partial charge in [0.05, 0.1) is 4.92 Å². The van der Waals surface area contributed by atoms with Crippen molar-refractivity contribution in [1.82, 2.24) is 0 Å². The van der Waals surface area contributed by atoms with E-state index in [1.165, 1.54) is 13.0 Å². The molecule has 25 heavy (non-hydrogen) atoms. The van der Waals surface area contributed by atoms with Crippen molar-refractivity contribution in [3.8, 4) is 0 Å². The molecule has 2 aromatic rings. The Labute approximate surface area is 149 Å². The quantitative estimate of drug-likeness (QED) is 0.343. The Bertz CT molecular complexity index is 863. The predicted molar refractivity (Wildman–Crippen MR) is 93.2 cm³/mol. The Morgan fingerprint density at radius 1 is 1.12 bits per heavy atom. The molecule has 0 unspecified atom stereocenters. The average Bonchev–Trinajstić information content (AvgIpc) is 2.56. The largest absolute Gasteiger partial charge is 0.450 e. The van der Waals surface area contributed by atoms with Gasteiger partial charge in [0.1, 0.15) is 5.56 Å². The highest BCUT2D eigenvalue weighted by Gasteiger charge is 2.26. The maximum atomic E-state index is 12.4. The van der Waals surface area contributed by atoms with Crippen LogP contribution in [0, 0.1) is 24.0 Å². The normalized spacial score (nSPS) is 11.7. The van der Waals surface area contributed by atoms with Crippen LogP contribution < -0.4 is 0 Å². The van der Waals surface area contributed by atoms with Crippen LogP contribution in [0.2, 0.25) is 5.02 Å². The summed E-state index contributed by atoms with van der Waals surface area (Å²) in [6, 6.07) is 8.74. The SMILES string of the molecule is Cc1ccc(C(=O)[C@H](C)OC(=O)c2cc(Cl)ccc2[N+](=O)[O-])cc1C. The van der Waals surface area contributed by atoms with Crippen LogP contribution in [0.3, 0.4) is 0 Å². The van der Waals surface area contributed by atoms with Gasteiger partial charge in [0, 0.05) is 16.7 Å². The number of carbonyl (C=O) groups is 2. The Hall–Kier alpha value is -2.73. The molecule has 0 heterocycles. The highest BCUT2D eigenvalue weighted by atomic mass is 35.5. The van der Waals surface area contributed by atoms with E-state index in [0.717, 1.165) is 23.3 Å². The lowest BCUT2D eigenvalue weighted by Crippen LogP contribution is -2.25. The molecule has 1 atom stereocenters. The fraction of sp³-hybridized carbons (Fsp3) is 0.222. The molecule has 0 aliphatic heterocycles. The number of nitro groups is 1. The summed E-state index contributed by atoms with van der Waals surface area (Å²) in [5.41, 5.74) is 1.66. The lowest BCUT2D eigenvalue weighted by atomic mass is 10.0. The second-order valence-electron chi connectivity index (χ2n) is 5.63. The first-order chi connectivity index (χ1) is 11.7. The van der Waals surface area contributed by atoms with Gasteiger partial charge in [-0.05, 0) is 50.1 Å². The van der Waals surface area contributed by atoms with Crippen molar-refractivity contribution in [2.45, 2.75) is 26.9 Å². The molecule has 7 heteroatoms. The first kappa shape index (κ1) is 18.6. The molecule has 2 aromatic carbocycles. The van der Waals surface area contributed by atoms with Crippen LogP contribution in [0.15, 0.2) is 36.4 Å². The van der Waals surface area contributed by atoms with E-state index in [1.54, 1.807) is 18.2 Å². The van der Waals surface area contributed by atoms with E-state index in [4.69, 9.17) is 16.3 Å². The van der Waals surface area contributed by atoms with Gasteiger partial charge in [-0.1, -0.05) is 23.7 Å². The Balaban J connectivity index is 2.22. The first-order valence-electron chi connectivity index (χ1n) is 7.47. The van der Waals surface area contributed by atoms with Crippen LogP contribution in [0.4, 0.5) is 5.69 Å². The van der Waals surface area contributed by atoms with E-state index < -0.39 is 22.7 Å². The molecule has 0 bridgehead atoms. The number of rotatable bonds is 5.